The molecule has 2 N–H and O–H groups in total. The van der Waals surface area contributed by atoms with Crippen LogP contribution in [0.1, 0.15) is 46.5 Å². The predicted octanol–water partition coefficient (Wildman–Crippen LogP) is 4.42. The van der Waals surface area contributed by atoms with Crippen molar-refractivity contribution in [3.05, 3.63) is 63.4 Å². The number of hydrogen-bond acceptors (Lipinski definition) is 4. The second-order valence-electron chi connectivity index (χ2n) is 8.04. The lowest BCUT2D eigenvalue weighted by molar-refractivity contribution is -0.0486. The minimum atomic E-state index is -3.16. The molecule has 1 aromatic heterocycles. The number of aromatic nitrogens is 1. The number of fused-ring (bicyclic) bond motifs is 2. The number of aromatic carboxylic acids is 1. The molecule has 0 unspecified atom stereocenters. The van der Waals surface area contributed by atoms with E-state index in [0.717, 1.165) is 12.8 Å². The van der Waals surface area contributed by atoms with Crippen LogP contribution in [0.15, 0.2) is 41.3 Å². The number of alkyl halides is 3. The first-order valence-electron chi connectivity index (χ1n) is 10.2. The molecular formula is C23H19F3N2O4. The van der Waals surface area contributed by atoms with Gasteiger partial charge in [-0.15, -0.1) is 0 Å². The van der Waals surface area contributed by atoms with Gasteiger partial charge < -0.3 is 19.7 Å². The highest BCUT2D eigenvalue weighted by molar-refractivity contribution is 5.97. The molecule has 166 valence electrons. The Hall–Kier alpha value is -3.33. The largest absolute Gasteiger partial charge is 0.477 e. The molecule has 0 radical (unpaired) electrons. The molecule has 0 bridgehead atoms. The van der Waals surface area contributed by atoms with Gasteiger partial charge in [-0.25, -0.2) is 9.18 Å². The third kappa shape index (κ3) is 3.42. The van der Waals surface area contributed by atoms with Gasteiger partial charge in [-0.1, -0.05) is 12.1 Å². The number of benzene rings is 2. The summed E-state index contributed by atoms with van der Waals surface area (Å²) in [5.74, 6) is -1.58. The van der Waals surface area contributed by atoms with E-state index in [-0.39, 0.29) is 29.2 Å². The Labute approximate surface area is 180 Å². The highest BCUT2D eigenvalue weighted by Crippen LogP contribution is 2.43. The van der Waals surface area contributed by atoms with Gasteiger partial charge in [0.05, 0.1) is 10.9 Å². The lowest BCUT2D eigenvalue weighted by atomic mass is 9.93. The van der Waals surface area contributed by atoms with Crippen LogP contribution in [0.4, 0.5) is 13.2 Å². The van der Waals surface area contributed by atoms with Gasteiger partial charge in [0.25, 0.3) is 0 Å². The number of pyridine rings is 1. The Kier molecular flexibility index (Phi) is 4.93. The highest BCUT2D eigenvalue weighted by Gasteiger charge is 2.30. The van der Waals surface area contributed by atoms with Crippen molar-refractivity contribution in [2.75, 3.05) is 6.54 Å². The molecule has 9 heteroatoms. The van der Waals surface area contributed by atoms with E-state index in [1.54, 1.807) is 22.8 Å². The van der Waals surface area contributed by atoms with Crippen LogP contribution in [0.2, 0.25) is 0 Å². The fourth-order valence-electron chi connectivity index (χ4n) is 4.32. The maximum Gasteiger partial charge on any atom is 0.387 e. The van der Waals surface area contributed by atoms with Gasteiger partial charge in [-0.3, -0.25) is 4.79 Å². The van der Waals surface area contributed by atoms with Crippen molar-refractivity contribution in [1.29, 1.82) is 0 Å². The van der Waals surface area contributed by atoms with Crippen LogP contribution in [0, 0.1) is 0 Å². The van der Waals surface area contributed by atoms with Crippen molar-refractivity contribution in [2.24, 2.45) is 0 Å². The van der Waals surface area contributed by atoms with Gasteiger partial charge in [-0.2, -0.15) is 8.78 Å². The first kappa shape index (κ1) is 20.6. The standard InChI is InChI=1S/C23H19F3N2O4/c24-18-9-27-8-12-7-11(1-4-14(12)18)15-5-6-16-19(21(15)32-23(25)26)28(13-2-3-13)10-17(20(16)29)22(30)31/h1,4-7,10,13,18,23,27H,2-3,8-9H2,(H,30,31)/t18-/m0/s1. The molecule has 1 aliphatic carbocycles. The summed E-state index contributed by atoms with van der Waals surface area (Å²) in [5, 5.41) is 12.4. The van der Waals surface area contributed by atoms with Gasteiger partial charge in [0.15, 0.2) is 5.75 Å². The van der Waals surface area contributed by atoms with Gasteiger partial charge in [-0.05, 0) is 47.7 Å². The molecule has 1 aliphatic heterocycles. The number of nitrogens with zero attached hydrogens (tertiary/aromatic N) is 1. The summed E-state index contributed by atoms with van der Waals surface area (Å²) < 4.78 is 47.6. The van der Waals surface area contributed by atoms with Crippen LogP contribution in [0.25, 0.3) is 22.0 Å². The van der Waals surface area contributed by atoms with E-state index in [1.807, 2.05) is 0 Å². The summed E-state index contributed by atoms with van der Waals surface area (Å²) in [6.45, 7) is -2.51. The van der Waals surface area contributed by atoms with Gasteiger partial charge in [0, 0.05) is 30.9 Å². The van der Waals surface area contributed by atoms with E-state index in [0.29, 0.717) is 28.8 Å². The van der Waals surface area contributed by atoms with Crippen molar-refractivity contribution < 1.29 is 27.8 Å². The number of nitrogens with one attached hydrogen (secondary N) is 1. The molecule has 5 rings (SSSR count). The highest BCUT2D eigenvalue weighted by atomic mass is 19.3. The number of ether oxygens (including phenoxy) is 1. The molecule has 2 aromatic carbocycles. The van der Waals surface area contributed by atoms with E-state index >= 15 is 0 Å². The quantitative estimate of drug-likeness (QED) is 0.609. The Morgan fingerprint density at radius 1 is 1.22 bits per heavy atom. The average molecular weight is 444 g/mol. The molecular weight excluding hydrogens is 425 g/mol. The Morgan fingerprint density at radius 2 is 2.00 bits per heavy atom. The molecule has 3 aromatic rings. The molecule has 2 heterocycles. The molecule has 1 atom stereocenters. The number of carbonyl (C=O) groups is 1. The van der Waals surface area contributed by atoms with E-state index in [1.165, 1.54) is 18.3 Å². The van der Waals surface area contributed by atoms with Gasteiger partial charge in [0.1, 0.15) is 11.7 Å². The maximum absolute atomic E-state index is 14.2. The smallest absolute Gasteiger partial charge is 0.387 e. The number of rotatable bonds is 5. The predicted molar refractivity (Wildman–Crippen MR) is 111 cm³/mol. The van der Waals surface area contributed by atoms with E-state index in [4.69, 9.17) is 4.74 Å². The first-order valence-corrected chi connectivity index (χ1v) is 10.2. The summed E-state index contributed by atoms with van der Waals surface area (Å²) in [5.41, 5.74) is 1.07. The zero-order valence-electron chi connectivity index (χ0n) is 16.8. The van der Waals surface area contributed by atoms with Crippen molar-refractivity contribution >= 4 is 16.9 Å². The summed E-state index contributed by atoms with van der Waals surface area (Å²) in [6, 6.07) is 7.79. The van der Waals surface area contributed by atoms with E-state index in [2.05, 4.69) is 5.32 Å². The third-order valence-electron chi connectivity index (χ3n) is 5.96. The van der Waals surface area contributed by atoms with Crippen LogP contribution in [0.3, 0.4) is 0 Å². The fraction of sp³-hybridized carbons (Fsp3) is 0.304. The maximum atomic E-state index is 14.2. The third-order valence-corrected chi connectivity index (χ3v) is 5.96. The lowest BCUT2D eigenvalue weighted by Crippen LogP contribution is -2.25. The first-order chi connectivity index (χ1) is 15.3. The normalized spacial score (nSPS) is 18.1. The number of halogens is 3. The summed E-state index contributed by atoms with van der Waals surface area (Å²) in [4.78, 5) is 24.4. The minimum absolute atomic E-state index is 0.000325. The number of hydrogen-bond donors (Lipinski definition) is 2. The Morgan fingerprint density at radius 3 is 2.69 bits per heavy atom. The molecule has 1 fully saturated rings. The Bertz CT molecular complexity index is 1300. The van der Waals surface area contributed by atoms with Gasteiger partial charge in [0.2, 0.25) is 5.43 Å². The van der Waals surface area contributed by atoms with E-state index < -0.39 is 29.7 Å². The van der Waals surface area contributed by atoms with Crippen LogP contribution in [-0.2, 0) is 6.54 Å². The zero-order chi connectivity index (χ0) is 22.6. The van der Waals surface area contributed by atoms with E-state index in [9.17, 15) is 27.9 Å². The van der Waals surface area contributed by atoms with Crippen molar-refractivity contribution in [2.45, 2.75) is 38.2 Å². The van der Waals surface area contributed by atoms with Gasteiger partial charge >= 0.3 is 12.6 Å². The molecule has 0 spiro atoms. The molecule has 0 saturated heterocycles. The zero-order valence-corrected chi connectivity index (χ0v) is 16.8. The second kappa shape index (κ2) is 7.67. The molecule has 1 saturated carbocycles. The topological polar surface area (TPSA) is 80.6 Å². The molecule has 0 amide bonds. The van der Waals surface area contributed by atoms with Crippen molar-refractivity contribution in [3.63, 3.8) is 0 Å². The Balaban J connectivity index is 1.79. The lowest BCUT2D eigenvalue weighted by Gasteiger charge is -2.23. The van der Waals surface area contributed by atoms with Crippen LogP contribution in [-0.4, -0.2) is 28.8 Å². The van der Waals surface area contributed by atoms with Crippen molar-refractivity contribution in [1.82, 2.24) is 9.88 Å². The summed E-state index contributed by atoms with van der Waals surface area (Å²) in [6.07, 6.45) is 1.52. The monoisotopic (exact) mass is 444 g/mol. The fourth-order valence-corrected chi connectivity index (χ4v) is 4.32. The average Bonchev–Trinajstić information content (AvgIpc) is 3.59. The number of carboxylic acid groups (broad SMARTS) is 1. The summed E-state index contributed by atoms with van der Waals surface area (Å²) >= 11 is 0. The molecule has 2 aliphatic rings. The van der Waals surface area contributed by atoms with Crippen LogP contribution >= 0.6 is 0 Å². The van der Waals surface area contributed by atoms with Crippen LogP contribution in [0.5, 0.6) is 5.75 Å². The molecule has 32 heavy (non-hydrogen) atoms. The van der Waals surface area contributed by atoms with Crippen LogP contribution < -0.4 is 15.5 Å². The summed E-state index contributed by atoms with van der Waals surface area (Å²) in [7, 11) is 0. The minimum Gasteiger partial charge on any atom is -0.477 e. The molecule has 6 nitrogen and oxygen atoms in total. The van der Waals surface area contributed by atoms with Crippen molar-refractivity contribution in [3.8, 4) is 16.9 Å². The second-order valence-corrected chi connectivity index (χ2v) is 8.04. The SMILES string of the molecule is O=C(O)c1cn(C2CC2)c2c(OC(F)F)c(-c3ccc4c(c3)CNC[C@@H]4F)ccc2c1=O. The number of carboxylic acids is 1.